The fourth-order valence-corrected chi connectivity index (χ4v) is 5.97. The monoisotopic (exact) mass is 486 g/mol. The van der Waals surface area contributed by atoms with Crippen LogP contribution in [-0.4, -0.2) is 57.1 Å². The zero-order valence-electron chi connectivity index (χ0n) is 18.2. The first-order chi connectivity index (χ1) is 15.7. The van der Waals surface area contributed by atoms with Crippen molar-refractivity contribution in [2.24, 2.45) is 13.0 Å². The van der Waals surface area contributed by atoms with Crippen molar-refractivity contribution in [3.8, 4) is 11.4 Å². The molecule has 2 N–H and O–H groups in total. The topological polar surface area (TPSA) is 123 Å². The van der Waals surface area contributed by atoms with E-state index in [0.717, 1.165) is 23.7 Å². The van der Waals surface area contributed by atoms with Gasteiger partial charge >= 0.3 is 0 Å². The zero-order valence-corrected chi connectivity index (χ0v) is 19.7. The van der Waals surface area contributed by atoms with Gasteiger partial charge < -0.3 is 10.3 Å². The number of aromatic amines is 1. The number of carbonyl (C=O) groups is 1. The molecule has 0 bridgehead atoms. The van der Waals surface area contributed by atoms with Crippen molar-refractivity contribution < 1.29 is 13.2 Å². The number of aryl methyl sites for hydroxylation is 1. The summed E-state index contributed by atoms with van der Waals surface area (Å²) < 4.78 is 24.9. The van der Waals surface area contributed by atoms with E-state index in [-0.39, 0.29) is 23.6 Å². The van der Waals surface area contributed by atoms with Crippen LogP contribution < -0.4 is 5.32 Å². The molecule has 1 saturated carbocycles. The highest BCUT2D eigenvalue weighted by Crippen LogP contribution is 2.30. The number of halogens is 1. The Kier molecular flexibility index (Phi) is 5.37. The Morgan fingerprint density at radius 3 is 2.94 bits per heavy atom. The van der Waals surface area contributed by atoms with E-state index in [2.05, 4.69) is 20.4 Å². The first kappa shape index (κ1) is 21.8. The number of H-pyrrole nitrogens is 1. The molecule has 3 aromatic heterocycles. The number of carbonyl (C=O) groups excluding carboxylic acids is 1. The lowest BCUT2D eigenvalue weighted by atomic mass is 10.1. The number of nitrogens with zero attached hydrogens (tertiary/aromatic N) is 4. The third kappa shape index (κ3) is 4.32. The van der Waals surface area contributed by atoms with Gasteiger partial charge in [0.05, 0.1) is 23.0 Å². The Hall–Kier alpha value is -2.98. The lowest BCUT2D eigenvalue weighted by molar-refractivity contribution is 0.0939. The second kappa shape index (κ2) is 8.11. The molecule has 0 aliphatic heterocycles. The number of sulfone groups is 1. The highest BCUT2D eigenvalue weighted by atomic mass is 35.5. The van der Waals surface area contributed by atoms with E-state index in [1.54, 1.807) is 23.1 Å². The zero-order chi connectivity index (χ0) is 23.3. The van der Waals surface area contributed by atoms with Gasteiger partial charge in [-0.3, -0.25) is 9.48 Å². The van der Waals surface area contributed by atoms with Crippen LogP contribution >= 0.6 is 11.6 Å². The molecule has 4 aromatic rings. The standard InChI is InChI=1S/C22H23ClN6O3S/c1-29-18-8-13(23)4-6-15(18)19(28-29)17-10-25-21-20(27-17)16(9-24-21)22(30)26-14-5-3-12(7-14)11-33(2,31)32/h4,6,8-10,12,14H,3,5,7,11H2,1-2H3,(H,24,25)(H,26,30). The summed E-state index contributed by atoms with van der Waals surface area (Å²) in [4.78, 5) is 25.2. The van der Waals surface area contributed by atoms with Gasteiger partial charge in [0.2, 0.25) is 0 Å². The summed E-state index contributed by atoms with van der Waals surface area (Å²) in [5.41, 5.74) is 3.45. The summed E-state index contributed by atoms with van der Waals surface area (Å²) in [6, 6.07) is 5.47. The molecule has 1 aliphatic rings. The molecular formula is C22H23ClN6O3S. The number of aromatic nitrogens is 5. The van der Waals surface area contributed by atoms with Crippen LogP contribution in [0.15, 0.2) is 30.6 Å². The van der Waals surface area contributed by atoms with Crippen molar-refractivity contribution in [3.05, 3.63) is 41.2 Å². The summed E-state index contributed by atoms with van der Waals surface area (Å²) >= 11 is 6.13. The minimum absolute atomic E-state index is 0.0603. The Labute approximate surface area is 195 Å². The van der Waals surface area contributed by atoms with Crippen LogP contribution in [0, 0.1) is 5.92 Å². The minimum atomic E-state index is -3.03. The first-order valence-electron chi connectivity index (χ1n) is 10.6. The van der Waals surface area contributed by atoms with Crippen molar-refractivity contribution in [3.63, 3.8) is 0 Å². The first-order valence-corrected chi connectivity index (χ1v) is 13.1. The predicted octanol–water partition coefficient (Wildman–Crippen LogP) is 3.11. The molecule has 33 heavy (non-hydrogen) atoms. The quantitative estimate of drug-likeness (QED) is 0.447. The van der Waals surface area contributed by atoms with E-state index in [4.69, 9.17) is 16.6 Å². The van der Waals surface area contributed by atoms with Crippen molar-refractivity contribution in [2.75, 3.05) is 12.0 Å². The van der Waals surface area contributed by atoms with E-state index >= 15 is 0 Å². The summed E-state index contributed by atoms with van der Waals surface area (Å²) in [7, 11) is -1.19. The average Bonchev–Trinajstić information content (AvgIpc) is 3.44. The van der Waals surface area contributed by atoms with Gasteiger partial charge in [0.1, 0.15) is 26.7 Å². The molecule has 5 rings (SSSR count). The highest BCUT2D eigenvalue weighted by Gasteiger charge is 2.29. The largest absolute Gasteiger partial charge is 0.349 e. The molecule has 9 nitrogen and oxygen atoms in total. The van der Waals surface area contributed by atoms with Crippen molar-refractivity contribution in [2.45, 2.75) is 25.3 Å². The van der Waals surface area contributed by atoms with Crippen LogP contribution in [-0.2, 0) is 16.9 Å². The van der Waals surface area contributed by atoms with Crippen molar-refractivity contribution in [1.82, 2.24) is 30.0 Å². The molecule has 172 valence electrons. The number of hydrogen-bond donors (Lipinski definition) is 2. The van der Waals surface area contributed by atoms with Crippen LogP contribution in [0.4, 0.5) is 0 Å². The molecule has 0 saturated heterocycles. The van der Waals surface area contributed by atoms with Crippen LogP contribution in [0.25, 0.3) is 33.5 Å². The number of nitrogens with one attached hydrogen (secondary N) is 2. The maximum Gasteiger partial charge on any atom is 0.255 e. The van der Waals surface area contributed by atoms with E-state index in [0.29, 0.717) is 39.6 Å². The summed E-state index contributed by atoms with van der Waals surface area (Å²) in [5.74, 6) is -0.0224. The molecule has 3 heterocycles. The molecule has 0 spiro atoms. The molecule has 11 heteroatoms. The fourth-order valence-electron chi connectivity index (χ4n) is 4.65. The summed E-state index contributed by atoms with van der Waals surface area (Å²) in [6.45, 7) is 0. The number of rotatable bonds is 5. The third-order valence-electron chi connectivity index (χ3n) is 6.10. The van der Waals surface area contributed by atoms with E-state index in [1.165, 1.54) is 6.26 Å². The predicted molar refractivity (Wildman–Crippen MR) is 127 cm³/mol. The summed E-state index contributed by atoms with van der Waals surface area (Å²) in [5, 5.41) is 9.12. The summed E-state index contributed by atoms with van der Waals surface area (Å²) in [6.07, 6.45) is 6.67. The lowest BCUT2D eigenvalue weighted by Gasteiger charge is -2.12. The SMILES string of the molecule is Cn1nc(-c2cnc3[nH]cc(C(=O)NC4CCC(CS(C)(=O)=O)C4)c3n2)c2ccc(Cl)cc21. The van der Waals surface area contributed by atoms with E-state index < -0.39 is 9.84 Å². The Morgan fingerprint density at radius 2 is 2.15 bits per heavy atom. The molecule has 0 radical (unpaired) electrons. The number of benzene rings is 1. The second-order valence-electron chi connectivity index (χ2n) is 8.73. The van der Waals surface area contributed by atoms with Crippen LogP contribution in [0.2, 0.25) is 5.02 Å². The molecule has 1 aromatic carbocycles. The van der Waals surface area contributed by atoms with Gasteiger partial charge in [0, 0.05) is 36.0 Å². The number of amides is 1. The average molecular weight is 487 g/mol. The molecular weight excluding hydrogens is 464 g/mol. The number of hydrogen-bond acceptors (Lipinski definition) is 6. The number of fused-ring (bicyclic) bond motifs is 2. The van der Waals surface area contributed by atoms with Crippen LogP contribution in [0.3, 0.4) is 0 Å². The second-order valence-corrected chi connectivity index (χ2v) is 11.4. The van der Waals surface area contributed by atoms with Gasteiger partial charge in [0.25, 0.3) is 5.91 Å². The van der Waals surface area contributed by atoms with Crippen molar-refractivity contribution >= 4 is 49.4 Å². The Bertz CT molecular complexity index is 1490. The van der Waals surface area contributed by atoms with E-state index in [1.807, 2.05) is 19.2 Å². The minimum Gasteiger partial charge on any atom is -0.349 e. The van der Waals surface area contributed by atoms with Gasteiger partial charge in [-0.1, -0.05) is 11.6 Å². The smallest absolute Gasteiger partial charge is 0.255 e. The van der Waals surface area contributed by atoms with Crippen molar-refractivity contribution in [1.29, 1.82) is 0 Å². The third-order valence-corrected chi connectivity index (χ3v) is 7.41. The maximum atomic E-state index is 13.0. The Balaban J connectivity index is 1.42. The van der Waals surface area contributed by atoms with Crippen LogP contribution in [0.1, 0.15) is 29.6 Å². The normalized spacial score (nSPS) is 18.9. The molecule has 2 atom stereocenters. The van der Waals surface area contributed by atoms with Gasteiger partial charge in [-0.2, -0.15) is 5.10 Å². The highest BCUT2D eigenvalue weighted by molar-refractivity contribution is 7.90. The molecule has 1 fully saturated rings. The van der Waals surface area contributed by atoms with Crippen LogP contribution in [0.5, 0.6) is 0 Å². The van der Waals surface area contributed by atoms with Gasteiger partial charge in [-0.15, -0.1) is 0 Å². The van der Waals surface area contributed by atoms with Gasteiger partial charge in [0.15, 0.2) is 5.65 Å². The molecule has 1 amide bonds. The lowest BCUT2D eigenvalue weighted by Crippen LogP contribution is -2.33. The molecule has 1 aliphatic carbocycles. The van der Waals surface area contributed by atoms with Gasteiger partial charge in [-0.25, -0.2) is 18.4 Å². The molecule has 2 unspecified atom stereocenters. The van der Waals surface area contributed by atoms with E-state index in [9.17, 15) is 13.2 Å². The maximum absolute atomic E-state index is 13.0. The van der Waals surface area contributed by atoms with Gasteiger partial charge in [-0.05, 0) is 43.4 Å². The Morgan fingerprint density at radius 1 is 1.33 bits per heavy atom. The fraction of sp³-hybridized carbons (Fsp3) is 0.364.